The molecule has 0 saturated carbocycles. The minimum atomic E-state index is -3.13. The van der Waals surface area contributed by atoms with Crippen molar-refractivity contribution in [3.63, 3.8) is 0 Å². The largest absolute Gasteiger partial charge is 0.378 e. The van der Waals surface area contributed by atoms with E-state index in [-0.39, 0.29) is 5.75 Å². The van der Waals surface area contributed by atoms with E-state index in [0.717, 1.165) is 21.5 Å². The van der Waals surface area contributed by atoms with Crippen LogP contribution in [0.25, 0.3) is 0 Å². The second-order valence-electron chi connectivity index (χ2n) is 4.68. The van der Waals surface area contributed by atoms with Crippen molar-refractivity contribution in [1.29, 1.82) is 0 Å². The Balaban J connectivity index is 2.33. The summed E-state index contributed by atoms with van der Waals surface area (Å²) in [6.07, 6.45) is 0. The molecule has 1 aliphatic rings. The van der Waals surface area contributed by atoms with Gasteiger partial charge in [-0.1, -0.05) is 6.92 Å². The Bertz CT molecular complexity index is 574. The van der Waals surface area contributed by atoms with E-state index in [0.29, 0.717) is 25.4 Å². The van der Waals surface area contributed by atoms with Crippen LogP contribution >= 0.6 is 23.1 Å². The van der Waals surface area contributed by atoms with E-state index in [2.05, 4.69) is 4.98 Å². The fourth-order valence-electron chi connectivity index (χ4n) is 2.19. The van der Waals surface area contributed by atoms with Crippen molar-refractivity contribution < 1.29 is 13.2 Å². The lowest BCUT2D eigenvalue weighted by molar-refractivity contribution is 0.181. The molecule has 1 aromatic heterocycles. The topological polar surface area (TPSA) is 85.5 Å². The van der Waals surface area contributed by atoms with Crippen LogP contribution < -0.4 is 10.6 Å². The summed E-state index contributed by atoms with van der Waals surface area (Å²) in [5.41, 5.74) is 6.56. The van der Waals surface area contributed by atoms with Gasteiger partial charge in [-0.15, -0.1) is 11.3 Å². The van der Waals surface area contributed by atoms with Crippen LogP contribution in [0.2, 0.25) is 0 Å². The van der Waals surface area contributed by atoms with E-state index in [1.165, 1.54) is 11.3 Å². The van der Waals surface area contributed by atoms with Crippen LogP contribution in [0.15, 0.2) is 0 Å². The molecule has 0 radical (unpaired) electrons. The van der Waals surface area contributed by atoms with Crippen molar-refractivity contribution in [3.8, 4) is 0 Å². The van der Waals surface area contributed by atoms with Gasteiger partial charge in [-0.05, 0) is 0 Å². The van der Waals surface area contributed by atoms with Crippen molar-refractivity contribution >= 4 is 38.1 Å². The number of methoxy groups -OCH3 is 1. The number of hydrogen-bond donors (Lipinski definition) is 1. The van der Waals surface area contributed by atoms with Crippen molar-refractivity contribution in [2.24, 2.45) is 5.73 Å². The number of aromatic nitrogens is 1. The first-order valence-corrected chi connectivity index (χ1v) is 10.5. The van der Waals surface area contributed by atoms with E-state index >= 15 is 0 Å². The number of thiazole rings is 1. The monoisotopic (exact) mass is 351 g/mol. The Morgan fingerprint density at radius 2 is 2.29 bits per heavy atom. The Morgan fingerprint density at radius 3 is 2.90 bits per heavy atom. The Kier molecular flexibility index (Phi) is 5.89. The van der Waals surface area contributed by atoms with Gasteiger partial charge in [-0.2, -0.15) is 11.8 Å². The van der Waals surface area contributed by atoms with Crippen LogP contribution in [0.3, 0.4) is 0 Å². The van der Waals surface area contributed by atoms with Crippen LogP contribution in [-0.4, -0.2) is 49.7 Å². The van der Waals surface area contributed by atoms with Gasteiger partial charge in [0.1, 0.15) is 5.37 Å². The molecule has 0 amide bonds. The van der Waals surface area contributed by atoms with E-state index in [1.54, 1.807) is 25.8 Å². The third-order valence-corrected chi connectivity index (χ3v) is 7.83. The molecule has 1 fully saturated rings. The fourth-order valence-corrected chi connectivity index (χ4v) is 6.25. The van der Waals surface area contributed by atoms with Crippen molar-refractivity contribution in [3.05, 3.63) is 10.6 Å². The zero-order valence-electron chi connectivity index (χ0n) is 12.2. The van der Waals surface area contributed by atoms with Gasteiger partial charge in [0.15, 0.2) is 15.0 Å². The van der Waals surface area contributed by atoms with Crippen LogP contribution in [0.1, 0.15) is 17.5 Å². The zero-order valence-corrected chi connectivity index (χ0v) is 14.7. The standard InChI is InChI=1S/C12H21N3O3S3/c1-3-21(16,17)11-8-19-5-4-15(11)12-14-9(7-18-2)10(6-13)20-12/h11H,3-8,13H2,1-2H3. The molecule has 1 unspecified atom stereocenters. The maximum absolute atomic E-state index is 12.3. The predicted molar refractivity (Wildman–Crippen MR) is 88.6 cm³/mol. The van der Waals surface area contributed by atoms with Gasteiger partial charge in [-0.25, -0.2) is 13.4 Å². The number of hydrogen-bond acceptors (Lipinski definition) is 8. The smallest absolute Gasteiger partial charge is 0.187 e. The highest BCUT2D eigenvalue weighted by molar-refractivity contribution is 8.01. The summed E-state index contributed by atoms with van der Waals surface area (Å²) in [5, 5.41) is 0.248. The molecule has 0 aliphatic carbocycles. The van der Waals surface area contributed by atoms with Crippen LogP contribution in [0.5, 0.6) is 0 Å². The second kappa shape index (κ2) is 7.28. The molecule has 2 rings (SSSR count). The summed E-state index contributed by atoms with van der Waals surface area (Å²) in [4.78, 5) is 7.43. The molecule has 1 aromatic rings. The van der Waals surface area contributed by atoms with Gasteiger partial charge in [0.05, 0.1) is 12.3 Å². The summed E-state index contributed by atoms with van der Waals surface area (Å²) >= 11 is 3.15. The van der Waals surface area contributed by atoms with Crippen LogP contribution in [-0.2, 0) is 27.7 Å². The van der Waals surface area contributed by atoms with Crippen LogP contribution in [0.4, 0.5) is 5.13 Å². The number of sulfone groups is 1. The molecule has 6 nitrogen and oxygen atoms in total. The summed E-state index contributed by atoms with van der Waals surface area (Å²) in [7, 11) is -1.52. The van der Waals surface area contributed by atoms with Crippen molar-refractivity contribution in [2.75, 3.05) is 35.8 Å². The Labute approximate surface area is 134 Å². The van der Waals surface area contributed by atoms with E-state index < -0.39 is 15.2 Å². The minimum Gasteiger partial charge on any atom is -0.378 e. The molecule has 1 saturated heterocycles. The Morgan fingerprint density at radius 1 is 1.52 bits per heavy atom. The number of thioether (sulfide) groups is 1. The molecular weight excluding hydrogens is 330 g/mol. The number of anilines is 1. The molecule has 0 aromatic carbocycles. The molecule has 1 aliphatic heterocycles. The van der Waals surface area contributed by atoms with Gasteiger partial charge in [0.2, 0.25) is 0 Å². The molecule has 21 heavy (non-hydrogen) atoms. The predicted octanol–water partition coefficient (Wildman–Crippen LogP) is 1.06. The van der Waals surface area contributed by atoms with Gasteiger partial charge >= 0.3 is 0 Å². The van der Waals surface area contributed by atoms with Crippen LogP contribution in [0, 0.1) is 0 Å². The first-order valence-electron chi connectivity index (χ1n) is 6.77. The summed E-state index contributed by atoms with van der Waals surface area (Å²) in [5.74, 6) is 1.65. The highest BCUT2D eigenvalue weighted by Crippen LogP contribution is 2.32. The van der Waals surface area contributed by atoms with E-state index in [9.17, 15) is 8.42 Å². The van der Waals surface area contributed by atoms with Crippen molar-refractivity contribution in [2.45, 2.75) is 25.4 Å². The number of rotatable bonds is 6. The number of nitrogens with two attached hydrogens (primary N) is 1. The third kappa shape index (κ3) is 3.70. The summed E-state index contributed by atoms with van der Waals surface area (Å²) in [6, 6.07) is 0. The average Bonchev–Trinajstić information content (AvgIpc) is 2.90. The highest BCUT2D eigenvalue weighted by Gasteiger charge is 2.34. The normalized spacial score (nSPS) is 20.0. The molecular formula is C12H21N3O3S3. The quantitative estimate of drug-likeness (QED) is 0.820. The lowest BCUT2D eigenvalue weighted by Gasteiger charge is -2.34. The third-order valence-electron chi connectivity index (χ3n) is 3.38. The molecule has 1 atom stereocenters. The molecule has 9 heteroatoms. The first-order chi connectivity index (χ1) is 10.0. The van der Waals surface area contributed by atoms with Gasteiger partial charge < -0.3 is 15.4 Å². The molecule has 0 bridgehead atoms. The van der Waals surface area contributed by atoms with Crippen molar-refractivity contribution in [1.82, 2.24) is 4.98 Å². The number of ether oxygens (including phenoxy) is 1. The molecule has 2 N–H and O–H groups in total. The first kappa shape index (κ1) is 17.0. The SMILES string of the molecule is CCS(=O)(=O)C1CSCCN1c1nc(COC)c(CN)s1. The fraction of sp³-hybridized carbons (Fsp3) is 0.750. The van der Waals surface area contributed by atoms with E-state index in [4.69, 9.17) is 10.5 Å². The molecule has 120 valence electrons. The summed E-state index contributed by atoms with van der Waals surface area (Å²) in [6.45, 7) is 3.18. The second-order valence-corrected chi connectivity index (χ2v) is 9.34. The zero-order chi connectivity index (χ0) is 15.5. The number of nitrogens with zero attached hydrogens (tertiary/aromatic N) is 2. The summed E-state index contributed by atoms with van der Waals surface area (Å²) < 4.78 is 29.7. The van der Waals surface area contributed by atoms with Gasteiger partial charge in [0, 0.05) is 42.3 Å². The average molecular weight is 352 g/mol. The highest BCUT2D eigenvalue weighted by atomic mass is 32.2. The Hall–Kier alpha value is -0.350. The maximum Gasteiger partial charge on any atom is 0.187 e. The maximum atomic E-state index is 12.3. The lowest BCUT2D eigenvalue weighted by atomic mass is 10.4. The molecule has 0 spiro atoms. The van der Waals surface area contributed by atoms with Gasteiger partial charge in [0.25, 0.3) is 0 Å². The van der Waals surface area contributed by atoms with E-state index in [1.807, 2.05) is 4.90 Å². The minimum absolute atomic E-state index is 0.148. The van der Waals surface area contributed by atoms with Gasteiger partial charge in [-0.3, -0.25) is 0 Å². The lowest BCUT2D eigenvalue weighted by Crippen LogP contribution is -2.48. The molecule has 2 heterocycles.